The number of carbonyl (C=O) groups is 1. The van der Waals surface area contributed by atoms with E-state index in [9.17, 15) is 4.79 Å². The molecule has 3 nitrogen and oxygen atoms in total. The molecule has 0 aliphatic heterocycles. The fourth-order valence-corrected chi connectivity index (χ4v) is 2.32. The van der Waals surface area contributed by atoms with Crippen LogP contribution in [0.4, 0.5) is 10.7 Å². The zero-order valence-electron chi connectivity index (χ0n) is 9.16. The first-order valence-electron chi connectivity index (χ1n) is 5.03. The molecule has 1 heterocycles. The van der Waals surface area contributed by atoms with Gasteiger partial charge >= 0.3 is 0 Å². The number of rotatable bonds is 3. The Balaban J connectivity index is 2.14. The van der Waals surface area contributed by atoms with E-state index >= 15 is 0 Å². The lowest BCUT2D eigenvalue weighted by Gasteiger charge is -2.04. The minimum Gasteiger partial charge on any atom is -0.388 e. The number of halogens is 1. The Morgan fingerprint density at radius 3 is 2.76 bits per heavy atom. The van der Waals surface area contributed by atoms with Crippen LogP contribution in [0.2, 0.25) is 4.34 Å². The summed E-state index contributed by atoms with van der Waals surface area (Å²) in [5.41, 5.74) is 1.52. The summed E-state index contributed by atoms with van der Waals surface area (Å²) < 4.78 is 0.657. The van der Waals surface area contributed by atoms with E-state index in [1.165, 1.54) is 11.3 Å². The highest BCUT2D eigenvalue weighted by Gasteiger charge is 2.07. The van der Waals surface area contributed by atoms with Crippen LogP contribution in [-0.4, -0.2) is 13.0 Å². The van der Waals surface area contributed by atoms with Gasteiger partial charge in [-0.25, -0.2) is 0 Å². The Hall–Kier alpha value is -1.52. The molecule has 17 heavy (non-hydrogen) atoms. The highest BCUT2D eigenvalue weighted by molar-refractivity contribution is 7.20. The summed E-state index contributed by atoms with van der Waals surface area (Å²) in [6, 6.07) is 10.8. The largest absolute Gasteiger partial charge is 0.388 e. The minimum atomic E-state index is -0.138. The second-order valence-corrected chi connectivity index (χ2v) is 5.10. The standard InChI is InChI=1S/C12H11ClN2OS/c1-14-9-4-2-3-8(7-9)12(16)15-11-6-5-10(13)17-11/h2-7,14H,1H3,(H,15,16). The van der Waals surface area contributed by atoms with Crippen molar-refractivity contribution in [2.75, 3.05) is 17.7 Å². The van der Waals surface area contributed by atoms with Gasteiger partial charge in [-0.1, -0.05) is 17.7 Å². The molecule has 2 rings (SSSR count). The van der Waals surface area contributed by atoms with Crippen LogP contribution in [0, 0.1) is 0 Å². The molecule has 1 aromatic carbocycles. The third-order valence-corrected chi connectivity index (χ3v) is 3.37. The van der Waals surface area contributed by atoms with Crippen molar-refractivity contribution in [2.45, 2.75) is 0 Å². The summed E-state index contributed by atoms with van der Waals surface area (Å²) in [7, 11) is 1.82. The summed E-state index contributed by atoms with van der Waals surface area (Å²) in [4.78, 5) is 11.9. The van der Waals surface area contributed by atoms with E-state index in [0.29, 0.717) is 9.90 Å². The van der Waals surface area contributed by atoms with Crippen LogP contribution in [0.3, 0.4) is 0 Å². The van der Waals surface area contributed by atoms with Gasteiger partial charge < -0.3 is 10.6 Å². The molecule has 88 valence electrons. The van der Waals surface area contributed by atoms with Crippen molar-refractivity contribution in [3.05, 3.63) is 46.3 Å². The van der Waals surface area contributed by atoms with E-state index in [0.717, 1.165) is 10.7 Å². The summed E-state index contributed by atoms with van der Waals surface area (Å²) >= 11 is 7.13. The second kappa shape index (κ2) is 5.21. The van der Waals surface area contributed by atoms with Crippen LogP contribution >= 0.6 is 22.9 Å². The van der Waals surface area contributed by atoms with E-state index in [1.54, 1.807) is 24.3 Å². The summed E-state index contributed by atoms with van der Waals surface area (Å²) in [5, 5.41) is 6.53. The number of hydrogen-bond acceptors (Lipinski definition) is 3. The number of amides is 1. The van der Waals surface area contributed by atoms with Gasteiger partial charge in [0.05, 0.1) is 9.34 Å². The van der Waals surface area contributed by atoms with Crippen LogP contribution < -0.4 is 10.6 Å². The maximum atomic E-state index is 11.9. The summed E-state index contributed by atoms with van der Waals surface area (Å²) in [6.45, 7) is 0. The molecule has 1 amide bonds. The van der Waals surface area contributed by atoms with Crippen LogP contribution in [0.5, 0.6) is 0 Å². The molecule has 0 bridgehead atoms. The molecule has 2 aromatic rings. The van der Waals surface area contributed by atoms with E-state index in [-0.39, 0.29) is 5.91 Å². The Morgan fingerprint density at radius 1 is 1.29 bits per heavy atom. The van der Waals surface area contributed by atoms with Crippen molar-refractivity contribution in [3.63, 3.8) is 0 Å². The number of hydrogen-bond donors (Lipinski definition) is 2. The average Bonchev–Trinajstić information content (AvgIpc) is 2.75. The van der Waals surface area contributed by atoms with Gasteiger partial charge in [0.2, 0.25) is 0 Å². The second-order valence-electron chi connectivity index (χ2n) is 3.39. The number of thiophene rings is 1. The number of anilines is 2. The lowest BCUT2D eigenvalue weighted by Crippen LogP contribution is -2.10. The maximum Gasteiger partial charge on any atom is 0.256 e. The molecular formula is C12H11ClN2OS. The SMILES string of the molecule is CNc1cccc(C(=O)Nc2ccc(Cl)s2)c1. The lowest BCUT2D eigenvalue weighted by atomic mass is 10.2. The van der Waals surface area contributed by atoms with Crippen molar-refractivity contribution >= 4 is 39.5 Å². The third-order valence-electron chi connectivity index (χ3n) is 2.22. The van der Waals surface area contributed by atoms with Crippen LogP contribution in [0.25, 0.3) is 0 Å². The monoisotopic (exact) mass is 266 g/mol. The molecule has 0 spiro atoms. The van der Waals surface area contributed by atoms with Gasteiger partial charge in [-0.15, -0.1) is 11.3 Å². The van der Waals surface area contributed by atoms with Gasteiger partial charge in [-0.3, -0.25) is 4.79 Å². The van der Waals surface area contributed by atoms with Crippen LogP contribution in [-0.2, 0) is 0 Å². The van der Waals surface area contributed by atoms with Crippen LogP contribution in [0.15, 0.2) is 36.4 Å². The maximum absolute atomic E-state index is 11.9. The fraction of sp³-hybridized carbons (Fsp3) is 0.0833. The van der Waals surface area contributed by atoms with Crippen molar-refractivity contribution < 1.29 is 4.79 Å². The molecule has 0 saturated carbocycles. The van der Waals surface area contributed by atoms with E-state index < -0.39 is 0 Å². The van der Waals surface area contributed by atoms with Gasteiger partial charge in [-0.2, -0.15) is 0 Å². The van der Waals surface area contributed by atoms with Gasteiger partial charge in [-0.05, 0) is 30.3 Å². The van der Waals surface area contributed by atoms with E-state index in [2.05, 4.69) is 10.6 Å². The predicted octanol–water partition coefficient (Wildman–Crippen LogP) is 3.70. The molecule has 1 aromatic heterocycles. The van der Waals surface area contributed by atoms with Crippen molar-refractivity contribution in [1.29, 1.82) is 0 Å². The first kappa shape index (κ1) is 12.0. The Morgan fingerprint density at radius 2 is 2.12 bits per heavy atom. The summed E-state index contributed by atoms with van der Waals surface area (Å²) in [6.07, 6.45) is 0. The normalized spacial score (nSPS) is 10.0. The zero-order chi connectivity index (χ0) is 12.3. The first-order valence-corrected chi connectivity index (χ1v) is 6.23. The minimum absolute atomic E-state index is 0.138. The van der Waals surface area contributed by atoms with E-state index in [1.807, 2.05) is 19.2 Å². The quantitative estimate of drug-likeness (QED) is 0.889. The van der Waals surface area contributed by atoms with Crippen LogP contribution in [0.1, 0.15) is 10.4 Å². The van der Waals surface area contributed by atoms with Crippen molar-refractivity contribution in [1.82, 2.24) is 0 Å². The van der Waals surface area contributed by atoms with Gasteiger partial charge in [0.15, 0.2) is 0 Å². The molecule has 0 unspecified atom stereocenters. The molecule has 0 radical (unpaired) electrons. The lowest BCUT2D eigenvalue weighted by molar-refractivity contribution is 0.102. The Labute approximate surface area is 108 Å². The molecule has 0 aliphatic rings. The Bertz CT molecular complexity index is 539. The smallest absolute Gasteiger partial charge is 0.256 e. The fourth-order valence-electron chi connectivity index (χ4n) is 1.38. The van der Waals surface area contributed by atoms with Gasteiger partial charge in [0.1, 0.15) is 0 Å². The summed E-state index contributed by atoms with van der Waals surface area (Å²) in [5.74, 6) is -0.138. The molecule has 0 fully saturated rings. The Kier molecular flexibility index (Phi) is 3.66. The molecule has 0 atom stereocenters. The topological polar surface area (TPSA) is 41.1 Å². The molecule has 0 saturated heterocycles. The molecular weight excluding hydrogens is 256 g/mol. The van der Waals surface area contributed by atoms with Gasteiger partial charge in [0.25, 0.3) is 5.91 Å². The number of carbonyl (C=O) groups excluding carboxylic acids is 1. The number of benzene rings is 1. The highest BCUT2D eigenvalue weighted by Crippen LogP contribution is 2.26. The van der Waals surface area contributed by atoms with E-state index in [4.69, 9.17) is 11.6 Å². The number of nitrogens with one attached hydrogen (secondary N) is 2. The van der Waals surface area contributed by atoms with Crippen molar-refractivity contribution in [3.8, 4) is 0 Å². The van der Waals surface area contributed by atoms with Gasteiger partial charge in [0, 0.05) is 18.3 Å². The van der Waals surface area contributed by atoms with Crippen molar-refractivity contribution in [2.24, 2.45) is 0 Å². The predicted molar refractivity (Wildman–Crippen MR) is 73.3 cm³/mol. The molecule has 2 N–H and O–H groups in total. The average molecular weight is 267 g/mol. The molecule has 5 heteroatoms. The zero-order valence-corrected chi connectivity index (χ0v) is 10.7. The first-order chi connectivity index (χ1) is 8.19. The third kappa shape index (κ3) is 2.99. The molecule has 0 aliphatic carbocycles. The highest BCUT2D eigenvalue weighted by atomic mass is 35.5.